The maximum absolute atomic E-state index is 6.69. The van der Waals surface area contributed by atoms with Crippen molar-refractivity contribution in [2.75, 3.05) is 19.6 Å². The van der Waals surface area contributed by atoms with Gasteiger partial charge in [0.2, 0.25) is 0 Å². The first-order valence-corrected chi connectivity index (χ1v) is 10.6. The van der Waals surface area contributed by atoms with Gasteiger partial charge in [-0.3, -0.25) is 0 Å². The van der Waals surface area contributed by atoms with Gasteiger partial charge in [-0.2, -0.15) is 5.01 Å². The fourth-order valence-corrected chi connectivity index (χ4v) is 4.98. The number of fused-ring (bicyclic) bond motifs is 4. The second-order valence-electron chi connectivity index (χ2n) is 7.91. The van der Waals surface area contributed by atoms with Crippen molar-refractivity contribution in [1.29, 1.82) is 0 Å². The highest BCUT2D eigenvalue weighted by Gasteiger charge is 2.51. The lowest BCUT2D eigenvalue weighted by Crippen LogP contribution is -2.63. The maximum Gasteiger partial charge on any atom is 0.182 e. The zero-order valence-electron chi connectivity index (χ0n) is 16.2. The van der Waals surface area contributed by atoms with Crippen LogP contribution in [0.2, 0.25) is 5.02 Å². The monoisotopic (exact) mass is 395 g/mol. The van der Waals surface area contributed by atoms with E-state index in [1.54, 1.807) is 0 Å². The molecule has 5 rings (SSSR count). The van der Waals surface area contributed by atoms with E-state index in [0.717, 1.165) is 54.5 Å². The van der Waals surface area contributed by atoms with Crippen LogP contribution in [0.4, 0.5) is 0 Å². The molecular weight excluding hydrogens is 370 g/mol. The molecule has 4 nitrogen and oxygen atoms in total. The molecule has 2 aromatic rings. The van der Waals surface area contributed by atoms with Crippen LogP contribution < -0.4 is 10.2 Å². The van der Waals surface area contributed by atoms with Crippen LogP contribution in [0.3, 0.4) is 0 Å². The zero-order valence-corrected chi connectivity index (χ0v) is 17.0. The van der Waals surface area contributed by atoms with E-state index in [9.17, 15) is 0 Å². The lowest BCUT2D eigenvalue weighted by atomic mass is 9.92. The minimum atomic E-state index is -0.331. The standard InChI is InChI=1S/C23H26ClN3O/c1-2-13-26-14-11-23(12-15-26)27-21(18-8-4-6-10-22(18)28-23)16-20(25-27)17-7-3-5-9-19(17)24/h3-10,16,21,25H,2,11-15H2,1H3/t21-/m0/s1. The summed E-state index contributed by atoms with van der Waals surface area (Å²) in [5.41, 5.74) is 6.64. The molecule has 146 valence electrons. The van der Waals surface area contributed by atoms with Crippen molar-refractivity contribution in [3.05, 3.63) is 70.8 Å². The summed E-state index contributed by atoms with van der Waals surface area (Å²) in [6, 6.07) is 16.6. The molecule has 0 aromatic heterocycles. The minimum absolute atomic E-state index is 0.147. The summed E-state index contributed by atoms with van der Waals surface area (Å²) in [4.78, 5) is 2.54. The van der Waals surface area contributed by atoms with Crippen LogP contribution in [-0.4, -0.2) is 35.3 Å². The first-order chi connectivity index (χ1) is 13.7. The molecule has 1 spiro atoms. The van der Waals surface area contributed by atoms with E-state index in [4.69, 9.17) is 16.3 Å². The summed E-state index contributed by atoms with van der Waals surface area (Å²) in [5, 5.41) is 3.10. The number of para-hydroxylation sites is 1. The molecule has 2 aromatic carbocycles. The molecule has 5 heteroatoms. The Hall–Kier alpha value is -2.01. The zero-order chi connectivity index (χ0) is 19.1. The smallest absolute Gasteiger partial charge is 0.182 e. The van der Waals surface area contributed by atoms with E-state index in [1.165, 1.54) is 12.0 Å². The Labute approximate surface area is 171 Å². The number of hydrazine groups is 1. The van der Waals surface area contributed by atoms with Crippen molar-refractivity contribution in [2.45, 2.75) is 38.0 Å². The Balaban J connectivity index is 1.52. The predicted molar refractivity (Wildman–Crippen MR) is 113 cm³/mol. The Morgan fingerprint density at radius 2 is 1.86 bits per heavy atom. The van der Waals surface area contributed by atoms with Gasteiger partial charge in [-0.1, -0.05) is 54.9 Å². The maximum atomic E-state index is 6.69. The molecule has 1 N–H and O–H groups in total. The van der Waals surface area contributed by atoms with E-state index in [0.29, 0.717) is 0 Å². The largest absolute Gasteiger partial charge is 0.470 e. The Morgan fingerprint density at radius 3 is 2.64 bits per heavy atom. The predicted octanol–water partition coefficient (Wildman–Crippen LogP) is 4.84. The summed E-state index contributed by atoms with van der Waals surface area (Å²) in [5.74, 6) is 1.01. The third-order valence-corrected chi connectivity index (χ3v) is 6.49. The quantitative estimate of drug-likeness (QED) is 0.805. The molecule has 3 aliphatic heterocycles. The van der Waals surface area contributed by atoms with E-state index in [2.05, 4.69) is 58.7 Å². The van der Waals surface area contributed by atoms with Gasteiger partial charge in [-0.05, 0) is 31.2 Å². The first-order valence-electron chi connectivity index (χ1n) is 10.2. The lowest BCUT2D eigenvalue weighted by molar-refractivity contribution is -0.159. The van der Waals surface area contributed by atoms with Gasteiger partial charge in [-0.25, -0.2) is 0 Å². The van der Waals surface area contributed by atoms with Crippen molar-refractivity contribution >= 4 is 17.3 Å². The minimum Gasteiger partial charge on any atom is -0.470 e. The number of benzene rings is 2. The molecular formula is C23H26ClN3O. The molecule has 0 amide bonds. The van der Waals surface area contributed by atoms with Gasteiger partial charge in [0.05, 0.1) is 11.7 Å². The number of piperidine rings is 1. The van der Waals surface area contributed by atoms with Gasteiger partial charge < -0.3 is 15.1 Å². The van der Waals surface area contributed by atoms with Crippen molar-refractivity contribution < 1.29 is 4.74 Å². The number of ether oxygens (including phenoxy) is 1. The number of nitrogens with one attached hydrogen (secondary N) is 1. The fraction of sp³-hybridized carbons (Fsp3) is 0.391. The summed E-state index contributed by atoms with van der Waals surface area (Å²) >= 11 is 6.50. The summed E-state index contributed by atoms with van der Waals surface area (Å²) in [7, 11) is 0. The summed E-state index contributed by atoms with van der Waals surface area (Å²) in [6.07, 6.45) is 5.45. The molecule has 1 saturated heterocycles. The molecule has 0 unspecified atom stereocenters. The first kappa shape index (κ1) is 18.0. The Morgan fingerprint density at radius 1 is 1.11 bits per heavy atom. The second kappa shape index (κ2) is 7.11. The van der Waals surface area contributed by atoms with Crippen molar-refractivity contribution in [3.63, 3.8) is 0 Å². The van der Waals surface area contributed by atoms with Crippen LogP contribution in [0.15, 0.2) is 54.6 Å². The molecule has 0 bridgehead atoms. The average Bonchev–Trinajstić information content (AvgIpc) is 3.17. The van der Waals surface area contributed by atoms with Gasteiger partial charge in [0.25, 0.3) is 0 Å². The average molecular weight is 396 g/mol. The van der Waals surface area contributed by atoms with E-state index in [-0.39, 0.29) is 11.8 Å². The van der Waals surface area contributed by atoms with Crippen molar-refractivity contribution in [2.24, 2.45) is 0 Å². The van der Waals surface area contributed by atoms with Crippen LogP contribution >= 0.6 is 11.6 Å². The van der Waals surface area contributed by atoms with Crippen LogP contribution in [0.25, 0.3) is 5.70 Å². The third kappa shape index (κ3) is 2.91. The van der Waals surface area contributed by atoms with Gasteiger partial charge in [-0.15, -0.1) is 0 Å². The van der Waals surface area contributed by atoms with E-state index in [1.807, 2.05) is 18.2 Å². The van der Waals surface area contributed by atoms with Gasteiger partial charge in [0.1, 0.15) is 5.75 Å². The molecule has 0 aliphatic carbocycles. The molecule has 3 aliphatic rings. The highest BCUT2D eigenvalue weighted by molar-refractivity contribution is 6.32. The van der Waals surface area contributed by atoms with Crippen molar-refractivity contribution in [3.8, 4) is 5.75 Å². The number of rotatable bonds is 3. The number of hydrogen-bond donors (Lipinski definition) is 1. The van der Waals surface area contributed by atoms with Gasteiger partial charge >= 0.3 is 0 Å². The van der Waals surface area contributed by atoms with Crippen LogP contribution in [-0.2, 0) is 0 Å². The highest BCUT2D eigenvalue weighted by Crippen LogP contribution is 2.48. The Kier molecular flexibility index (Phi) is 4.58. The number of hydrogen-bond acceptors (Lipinski definition) is 4. The molecule has 0 radical (unpaired) electrons. The van der Waals surface area contributed by atoms with Crippen LogP contribution in [0, 0.1) is 0 Å². The molecule has 3 heterocycles. The lowest BCUT2D eigenvalue weighted by Gasteiger charge is -2.51. The Bertz CT molecular complexity index is 904. The molecule has 1 fully saturated rings. The normalized spacial score (nSPS) is 23.5. The second-order valence-corrected chi connectivity index (χ2v) is 8.32. The number of likely N-dealkylation sites (tertiary alicyclic amines) is 1. The van der Waals surface area contributed by atoms with Crippen LogP contribution in [0.5, 0.6) is 5.75 Å². The number of halogens is 1. The third-order valence-electron chi connectivity index (χ3n) is 6.16. The van der Waals surface area contributed by atoms with Crippen molar-refractivity contribution in [1.82, 2.24) is 15.3 Å². The van der Waals surface area contributed by atoms with E-state index < -0.39 is 0 Å². The summed E-state index contributed by atoms with van der Waals surface area (Å²) in [6.45, 7) is 5.52. The van der Waals surface area contributed by atoms with Gasteiger partial charge in [0, 0.05) is 42.1 Å². The molecule has 28 heavy (non-hydrogen) atoms. The van der Waals surface area contributed by atoms with Gasteiger partial charge in [0.15, 0.2) is 5.72 Å². The number of nitrogens with zero attached hydrogens (tertiary/aromatic N) is 2. The molecule has 0 saturated carbocycles. The topological polar surface area (TPSA) is 27.7 Å². The van der Waals surface area contributed by atoms with E-state index >= 15 is 0 Å². The van der Waals surface area contributed by atoms with Crippen LogP contribution in [0.1, 0.15) is 43.4 Å². The summed E-state index contributed by atoms with van der Waals surface area (Å²) < 4.78 is 6.69. The molecule has 1 atom stereocenters. The highest BCUT2D eigenvalue weighted by atomic mass is 35.5. The fourth-order valence-electron chi connectivity index (χ4n) is 4.74. The SMILES string of the molecule is CCCN1CCC2(CC1)Oc1ccccc1[C@@H]1C=C(c3ccccc3Cl)NN12.